The number of hydrogen-bond donors (Lipinski definition) is 1. The molecule has 2 rings (SSSR count). The fourth-order valence-electron chi connectivity index (χ4n) is 3.16. The summed E-state index contributed by atoms with van der Waals surface area (Å²) >= 11 is 6.10. The van der Waals surface area contributed by atoms with Gasteiger partial charge in [0.25, 0.3) is 0 Å². The summed E-state index contributed by atoms with van der Waals surface area (Å²) in [6.07, 6.45) is -1.85. The fourth-order valence-corrected chi connectivity index (χ4v) is 3.46. The summed E-state index contributed by atoms with van der Waals surface area (Å²) in [5.74, 6) is -2.45. The molecule has 1 fully saturated rings. The maximum atomic E-state index is 15.5. The molecule has 1 saturated heterocycles. The number of esters is 1. The number of hydrogen-bond acceptors (Lipinski definition) is 7. The van der Waals surface area contributed by atoms with Crippen LogP contribution in [0.4, 0.5) is 10.2 Å². The topological polar surface area (TPSA) is 114 Å². The molecule has 1 aromatic heterocycles. The molecule has 28 heavy (non-hydrogen) atoms. The lowest BCUT2D eigenvalue weighted by Crippen LogP contribution is -2.46. The van der Waals surface area contributed by atoms with Crippen LogP contribution in [0, 0.1) is 5.92 Å². The van der Waals surface area contributed by atoms with Crippen molar-refractivity contribution in [2.24, 2.45) is 5.92 Å². The Hall–Kier alpha value is -2.26. The van der Waals surface area contributed by atoms with E-state index in [0.717, 1.165) is 4.57 Å². The van der Waals surface area contributed by atoms with Gasteiger partial charge in [-0.05, 0) is 11.6 Å². The first-order valence-electron chi connectivity index (χ1n) is 8.80. The minimum atomic E-state index is -1.86. The Morgan fingerprint density at radius 3 is 2.68 bits per heavy atom. The Labute approximate surface area is 166 Å². The standard InChI is InChI=1S/C18H23ClFN3O5/c1-4-11(24)10(3)14-15(20)16(23-7-6-12(21)22-17(23)26)28-18(14,8-19)9-27-13(25)5-2/h6-7,14-16H,3-5,8-9H2,1-2H3,(H2,21,22,26). The number of nitrogens with two attached hydrogens (primary N) is 1. The molecule has 1 aliphatic rings. The second-order valence-electron chi connectivity index (χ2n) is 6.49. The highest BCUT2D eigenvalue weighted by Crippen LogP contribution is 2.47. The van der Waals surface area contributed by atoms with Crippen molar-refractivity contribution in [3.8, 4) is 0 Å². The number of ketones is 1. The molecule has 1 aliphatic heterocycles. The number of anilines is 1. The van der Waals surface area contributed by atoms with E-state index < -0.39 is 42.2 Å². The second kappa shape index (κ2) is 8.83. The van der Waals surface area contributed by atoms with Crippen LogP contribution < -0.4 is 11.4 Å². The van der Waals surface area contributed by atoms with Crippen molar-refractivity contribution in [2.45, 2.75) is 44.7 Å². The molecule has 2 N–H and O–H groups in total. The zero-order valence-corrected chi connectivity index (χ0v) is 16.4. The number of ether oxygens (including phenoxy) is 2. The van der Waals surface area contributed by atoms with Crippen LogP contribution in [-0.2, 0) is 19.1 Å². The number of nitrogens with zero attached hydrogens (tertiary/aromatic N) is 2. The van der Waals surface area contributed by atoms with Gasteiger partial charge in [0.2, 0.25) is 0 Å². The highest BCUT2D eigenvalue weighted by atomic mass is 35.5. The third-order valence-corrected chi connectivity index (χ3v) is 5.14. The lowest BCUT2D eigenvalue weighted by atomic mass is 9.80. The van der Waals surface area contributed by atoms with E-state index in [9.17, 15) is 14.4 Å². The molecule has 0 amide bonds. The number of carbonyl (C=O) groups excluding carboxylic acids is 2. The molecule has 0 radical (unpaired) electrons. The zero-order chi connectivity index (χ0) is 21.1. The molecule has 4 atom stereocenters. The van der Waals surface area contributed by atoms with Gasteiger partial charge < -0.3 is 15.2 Å². The second-order valence-corrected chi connectivity index (χ2v) is 6.75. The van der Waals surface area contributed by atoms with Crippen molar-refractivity contribution in [1.29, 1.82) is 0 Å². The molecule has 4 unspecified atom stereocenters. The van der Waals surface area contributed by atoms with Crippen molar-refractivity contribution in [3.63, 3.8) is 0 Å². The van der Waals surface area contributed by atoms with E-state index >= 15 is 4.39 Å². The molecule has 1 aromatic rings. The summed E-state index contributed by atoms with van der Waals surface area (Å²) in [4.78, 5) is 39.6. The molecule has 8 nitrogen and oxygen atoms in total. The van der Waals surface area contributed by atoms with E-state index in [0.29, 0.717) is 0 Å². The average Bonchev–Trinajstić information content (AvgIpc) is 2.97. The van der Waals surface area contributed by atoms with Crippen molar-refractivity contribution in [1.82, 2.24) is 9.55 Å². The van der Waals surface area contributed by atoms with Gasteiger partial charge in [-0.25, -0.2) is 9.18 Å². The number of halogens is 2. The lowest BCUT2D eigenvalue weighted by Gasteiger charge is -2.32. The number of aromatic nitrogens is 2. The van der Waals surface area contributed by atoms with Gasteiger partial charge in [-0.2, -0.15) is 4.98 Å². The summed E-state index contributed by atoms with van der Waals surface area (Å²) < 4.78 is 27.4. The normalized spacial score (nSPS) is 26.8. The molecule has 154 valence electrons. The minimum Gasteiger partial charge on any atom is -0.463 e. The lowest BCUT2D eigenvalue weighted by molar-refractivity contribution is -0.157. The van der Waals surface area contributed by atoms with Crippen LogP contribution in [-0.4, -0.2) is 45.6 Å². The summed E-state index contributed by atoms with van der Waals surface area (Å²) in [5.41, 5.74) is 3.04. The number of rotatable bonds is 8. The van der Waals surface area contributed by atoms with Crippen LogP contribution in [0.2, 0.25) is 0 Å². The first kappa shape index (κ1) is 22.0. The van der Waals surface area contributed by atoms with Gasteiger partial charge in [-0.15, -0.1) is 11.6 Å². The summed E-state index contributed by atoms with van der Waals surface area (Å²) in [6.45, 7) is 6.54. The highest BCUT2D eigenvalue weighted by molar-refractivity contribution is 6.18. The van der Waals surface area contributed by atoms with E-state index in [2.05, 4.69) is 11.6 Å². The Kier molecular flexibility index (Phi) is 6.95. The van der Waals surface area contributed by atoms with Crippen LogP contribution in [0.5, 0.6) is 0 Å². The molecule has 0 aromatic carbocycles. The van der Waals surface area contributed by atoms with E-state index in [1.165, 1.54) is 12.3 Å². The fraction of sp³-hybridized carbons (Fsp3) is 0.556. The van der Waals surface area contributed by atoms with Gasteiger partial charge >= 0.3 is 11.7 Å². The summed E-state index contributed by atoms with van der Waals surface area (Å²) in [7, 11) is 0. The van der Waals surface area contributed by atoms with Crippen LogP contribution in [0.25, 0.3) is 0 Å². The van der Waals surface area contributed by atoms with E-state index in [4.69, 9.17) is 26.8 Å². The molecule has 0 bridgehead atoms. The Balaban J connectivity index is 2.50. The van der Waals surface area contributed by atoms with Crippen LogP contribution in [0.15, 0.2) is 29.2 Å². The Bertz CT molecular complexity index is 830. The van der Waals surface area contributed by atoms with E-state index in [1.807, 2.05) is 0 Å². The third-order valence-electron chi connectivity index (χ3n) is 4.69. The monoisotopic (exact) mass is 415 g/mol. The van der Waals surface area contributed by atoms with Crippen molar-refractivity contribution in [2.75, 3.05) is 18.2 Å². The third kappa shape index (κ3) is 4.10. The smallest absolute Gasteiger partial charge is 0.351 e. The first-order chi connectivity index (χ1) is 13.2. The van der Waals surface area contributed by atoms with Gasteiger partial charge in [0.05, 0.1) is 11.8 Å². The highest BCUT2D eigenvalue weighted by Gasteiger charge is 2.58. The molecular weight excluding hydrogens is 393 g/mol. The maximum absolute atomic E-state index is 15.5. The van der Waals surface area contributed by atoms with Gasteiger partial charge in [-0.1, -0.05) is 20.4 Å². The maximum Gasteiger partial charge on any atom is 0.351 e. The number of Topliss-reactive ketones (excluding diaryl/α,β-unsaturated/α-hetero) is 1. The minimum absolute atomic E-state index is 0.0303. The van der Waals surface area contributed by atoms with Gasteiger partial charge in [-0.3, -0.25) is 14.2 Å². The largest absolute Gasteiger partial charge is 0.463 e. The van der Waals surface area contributed by atoms with E-state index in [-0.39, 0.29) is 35.9 Å². The molecule has 10 heteroatoms. The molecule has 0 aliphatic carbocycles. The summed E-state index contributed by atoms with van der Waals surface area (Å²) in [6, 6.07) is 1.32. The summed E-state index contributed by atoms with van der Waals surface area (Å²) in [5, 5.41) is 0. The van der Waals surface area contributed by atoms with Crippen LogP contribution in [0.3, 0.4) is 0 Å². The van der Waals surface area contributed by atoms with Crippen LogP contribution >= 0.6 is 11.6 Å². The predicted octanol–water partition coefficient (Wildman–Crippen LogP) is 1.77. The molecular formula is C18H23ClFN3O5. The Morgan fingerprint density at radius 1 is 1.46 bits per heavy atom. The van der Waals surface area contributed by atoms with Gasteiger partial charge in [0.1, 0.15) is 18.0 Å². The number of alkyl halides is 2. The number of nitrogen functional groups attached to an aromatic ring is 1. The Morgan fingerprint density at radius 2 is 2.14 bits per heavy atom. The average molecular weight is 416 g/mol. The van der Waals surface area contributed by atoms with Crippen LogP contribution in [0.1, 0.15) is 32.9 Å². The van der Waals surface area contributed by atoms with Gasteiger partial charge in [0, 0.05) is 19.0 Å². The van der Waals surface area contributed by atoms with Crippen molar-refractivity contribution < 1.29 is 23.5 Å². The van der Waals surface area contributed by atoms with E-state index in [1.54, 1.807) is 13.8 Å². The van der Waals surface area contributed by atoms with Crippen molar-refractivity contribution in [3.05, 3.63) is 34.9 Å². The van der Waals surface area contributed by atoms with Crippen molar-refractivity contribution >= 4 is 29.2 Å². The SMILES string of the molecule is C=C(C(=O)CC)C1C(F)C(n2ccc(N)nc2=O)OC1(CCl)COC(=O)CC. The zero-order valence-electron chi connectivity index (χ0n) is 15.7. The quantitative estimate of drug-likeness (QED) is 0.391. The molecule has 0 saturated carbocycles. The number of carbonyl (C=O) groups is 2. The first-order valence-corrected chi connectivity index (χ1v) is 9.34. The predicted molar refractivity (Wildman–Crippen MR) is 101 cm³/mol. The van der Waals surface area contributed by atoms with Gasteiger partial charge in [0.15, 0.2) is 18.2 Å². The molecule has 2 heterocycles. The molecule has 0 spiro atoms.